The van der Waals surface area contributed by atoms with Crippen LogP contribution in [0.4, 0.5) is 17.1 Å². The average molecular weight is 413 g/mol. The molecule has 0 unspecified atom stereocenters. The molecule has 1 aliphatic heterocycles. The molecule has 0 aromatic heterocycles. The second kappa shape index (κ2) is 9.00. The summed E-state index contributed by atoms with van der Waals surface area (Å²) < 4.78 is 5.22. The second-order valence-electron chi connectivity index (χ2n) is 6.69. The number of nitrogens with zero attached hydrogens (tertiary/aromatic N) is 1. The van der Waals surface area contributed by atoms with E-state index in [2.05, 4.69) is 10.6 Å². The molecule has 0 bridgehead atoms. The van der Waals surface area contributed by atoms with Crippen LogP contribution in [0.3, 0.4) is 0 Å². The molecule has 1 saturated heterocycles. The Morgan fingerprint density at radius 3 is 2.48 bits per heavy atom. The largest absolute Gasteiger partial charge is 0.495 e. The number of rotatable bonds is 6. The molecule has 1 heterocycles. The van der Waals surface area contributed by atoms with Gasteiger partial charge in [-0.3, -0.25) is 14.4 Å². The van der Waals surface area contributed by atoms with E-state index in [0.717, 1.165) is 10.6 Å². The van der Waals surface area contributed by atoms with Crippen LogP contribution >= 0.6 is 11.8 Å². The van der Waals surface area contributed by atoms with Crippen molar-refractivity contribution >= 4 is 46.5 Å². The highest BCUT2D eigenvalue weighted by atomic mass is 32.2. The summed E-state index contributed by atoms with van der Waals surface area (Å²) in [6.07, 6.45) is 2.15. The van der Waals surface area contributed by atoms with Crippen molar-refractivity contribution in [2.45, 2.75) is 18.2 Å². The van der Waals surface area contributed by atoms with E-state index in [9.17, 15) is 14.4 Å². The van der Waals surface area contributed by atoms with Gasteiger partial charge in [-0.1, -0.05) is 0 Å². The van der Waals surface area contributed by atoms with Gasteiger partial charge in [-0.25, -0.2) is 0 Å². The summed E-state index contributed by atoms with van der Waals surface area (Å²) in [5, 5.41) is 5.50. The Kier molecular flexibility index (Phi) is 6.43. The molecule has 2 N–H and O–H groups in total. The predicted molar refractivity (Wildman–Crippen MR) is 115 cm³/mol. The third-order valence-electron chi connectivity index (χ3n) is 4.66. The van der Waals surface area contributed by atoms with Gasteiger partial charge < -0.3 is 20.3 Å². The summed E-state index contributed by atoms with van der Waals surface area (Å²) >= 11 is 1.63. The van der Waals surface area contributed by atoms with Crippen molar-refractivity contribution in [1.29, 1.82) is 0 Å². The van der Waals surface area contributed by atoms with Gasteiger partial charge in [-0.2, -0.15) is 0 Å². The number of hydrogen-bond donors (Lipinski definition) is 2. The fraction of sp³-hybridized carbons (Fsp3) is 0.286. The van der Waals surface area contributed by atoms with Gasteiger partial charge in [0.15, 0.2) is 0 Å². The van der Waals surface area contributed by atoms with Crippen LogP contribution in [0.1, 0.15) is 13.3 Å². The smallest absolute Gasteiger partial charge is 0.229 e. The summed E-state index contributed by atoms with van der Waals surface area (Å²) in [5.41, 5.74) is 1.78. The van der Waals surface area contributed by atoms with Crippen molar-refractivity contribution in [1.82, 2.24) is 0 Å². The third-order valence-corrected chi connectivity index (χ3v) is 5.40. The molecule has 1 aliphatic rings. The lowest BCUT2D eigenvalue weighted by Gasteiger charge is -2.17. The van der Waals surface area contributed by atoms with Crippen molar-refractivity contribution in [3.05, 3.63) is 42.5 Å². The van der Waals surface area contributed by atoms with Crippen LogP contribution in [0.25, 0.3) is 0 Å². The standard InChI is InChI=1S/C21H23N3O4S/c1-13(25)22-18-11-15(4-9-19(18)28-2)23-21(27)14-10-20(26)24(12-14)16-5-7-17(29-3)8-6-16/h4-9,11,14H,10,12H2,1-3H3,(H,22,25)(H,23,27)/t14-/m1/s1. The Bertz CT molecular complexity index is 930. The lowest BCUT2D eigenvalue weighted by Crippen LogP contribution is -2.28. The molecule has 3 rings (SSSR count). The predicted octanol–water partition coefficient (Wildman–Crippen LogP) is 3.37. The first kappa shape index (κ1) is 20.7. The minimum atomic E-state index is -0.450. The Morgan fingerprint density at radius 1 is 1.14 bits per heavy atom. The average Bonchev–Trinajstić information content (AvgIpc) is 3.09. The van der Waals surface area contributed by atoms with Crippen LogP contribution in [0, 0.1) is 5.92 Å². The zero-order valence-electron chi connectivity index (χ0n) is 16.5. The van der Waals surface area contributed by atoms with Gasteiger partial charge in [-0.15, -0.1) is 11.8 Å². The zero-order chi connectivity index (χ0) is 21.0. The summed E-state index contributed by atoms with van der Waals surface area (Å²) in [6, 6.07) is 12.7. The summed E-state index contributed by atoms with van der Waals surface area (Å²) in [6.45, 7) is 1.73. The first-order valence-electron chi connectivity index (χ1n) is 9.12. The molecular weight excluding hydrogens is 390 g/mol. The Morgan fingerprint density at radius 2 is 1.86 bits per heavy atom. The molecule has 0 spiro atoms. The number of nitrogens with one attached hydrogen (secondary N) is 2. The van der Waals surface area contributed by atoms with E-state index in [1.165, 1.54) is 14.0 Å². The number of ether oxygens (including phenoxy) is 1. The molecule has 2 aromatic carbocycles. The Hall–Kier alpha value is -3.00. The third kappa shape index (κ3) is 4.89. The normalized spacial score (nSPS) is 15.9. The van der Waals surface area contributed by atoms with Gasteiger partial charge in [0.1, 0.15) is 5.75 Å². The number of hydrogen-bond acceptors (Lipinski definition) is 5. The zero-order valence-corrected chi connectivity index (χ0v) is 17.3. The van der Waals surface area contributed by atoms with Gasteiger partial charge in [0.2, 0.25) is 17.7 Å². The molecule has 7 nitrogen and oxygen atoms in total. The first-order valence-corrected chi connectivity index (χ1v) is 10.3. The summed E-state index contributed by atoms with van der Waals surface area (Å²) in [4.78, 5) is 39.3. The Balaban J connectivity index is 1.69. The monoisotopic (exact) mass is 413 g/mol. The van der Waals surface area contributed by atoms with Crippen molar-refractivity contribution in [2.75, 3.05) is 35.4 Å². The number of carbonyl (C=O) groups excluding carboxylic acids is 3. The summed E-state index contributed by atoms with van der Waals surface area (Å²) in [7, 11) is 1.50. The molecule has 0 aliphatic carbocycles. The SMILES string of the molecule is COc1ccc(NC(=O)[C@@H]2CC(=O)N(c3ccc(SC)cc3)C2)cc1NC(C)=O. The lowest BCUT2D eigenvalue weighted by atomic mass is 10.1. The van der Waals surface area contributed by atoms with E-state index >= 15 is 0 Å². The summed E-state index contributed by atoms with van der Waals surface area (Å²) in [5.74, 6) is -0.504. The number of thioether (sulfide) groups is 1. The molecule has 1 fully saturated rings. The highest BCUT2D eigenvalue weighted by Gasteiger charge is 2.35. The molecular formula is C21H23N3O4S. The van der Waals surface area contributed by atoms with E-state index in [4.69, 9.17) is 4.74 Å². The molecule has 0 radical (unpaired) electrons. The van der Waals surface area contributed by atoms with Crippen LogP contribution in [-0.4, -0.2) is 37.6 Å². The topological polar surface area (TPSA) is 87.7 Å². The molecule has 3 amide bonds. The quantitative estimate of drug-likeness (QED) is 0.709. The minimum absolute atomic E-state index is 0.0734. The van der Waals surface area contributed by atoms with Crippen LogP contribution in [0.5, 0.6) is 5.75 Å². The second-order valence-corrected chi connectivity index (χ2v) is 7.57. The fourth-order valence-corrected chi connectivity index (χ4v) is 3.62. The molecule has 152 valence electrons. The van der Waals surface area contributed by atoms with Gasteiger partial charge in [-0.05, 0) is 48.7 Å². The molecule has 8 heteroatoms. The van der Waals surface area contributed by atoms with Gasteiger partial charge in [0, 0.05) is 36.2 Å². The fourth-order valence-electron chi connectivity index (χ4n) is 3.21. The number of benzene rings is 2. The molecule has 2 aromatic rings. The number of carbonyl (C=O) groups is 3. The van der Waals surface area contributed by atoms with E-state index in [1.807, 2.05) is 30.5 Å². The molecule has 29 heavy (non-hydrogen) atoms. The maximum atomic E-state index is 12.7. The molecule has 1 atom stereocenters. The van der Waals surface area contributed by atoms with E-state index in [1.54, 1.807) is 34.9 Å². The Labute approximate surface area is 173 Å². The van der Waals surface area contributed by atoms with Crippen molar-refractivity contribution in [3.63, 3.8) is 0 Å². The maximum absolute atomic E-state index is 12.7. The van der Waals surface area contributed by atoms with Crippen LogP contribution in [-0.2, 0) is 14.4 Å². The van der Waals surface area contributed by atoms with E-state index in [0.29, 0.717) is 23.7 Å². The number of amides is 3. The van der Waals surface area contributed by atoms with Gasteiger partial charge in [0.25, 0.3) is 0 Å². The lowest BCUT2D eigenvalue weighted by molar-refractivity contribution is -0.122. The van der Waals surface area contributed by atoms with E-state index in [-0.39, 0.29) is 24.1 Å². The minimum Gasteiger partial charge on any atom is -0.495 e. The van der Waals surface area contributed by atoms with Gasteiger partial charge in [0.05, 0.1) is 18.7 Å². The highest BCUT2D eigenvalue weighted by molar-refractivity contribution is 7.98. The number of methoxy groups -OCH3 is 1. The maximum Gasteiger partial charge on any atom is 0.229 e. The molecule has 0 saturated carbocycles. The van der Waals surface area contributed by atoms with Gasteiger partial charge >= 0.3 is 0 Å². The number of anilines is 3. The van der Waals surface area contributed by atoms with Crippen molar-refractivity contribution < 1.29 is 19.1 Å². The van der Waals surface area contributed by atoms with Crippen LogP contribution in [0.15, 0.2) is 47.4 Å². The van der Waals surface area contributed by atoms with Crippen LogP contribution < -0.4 is 20.3 Å². The van der Waals surface area contributed by atoms with E-state index < -0.39 is 5.92 Å². The van der Waals surface area contributed by atoms with Crippen molar-refractivity contribution in [3.8, 4) is 5.75 Å². The highest BCUT2D eigenvalue weighted by Crippen LogP contribution is 2.30. The van der Waals surface area contributed by atoms with Crippen LogP contribution in [0.2, 0.25) is 0 Å². The van der Waals surface area contributed by atoms with Crippen molar-refractivity contribution in [2.24, 2.45) is 5.92 Å². The first-order chi connectivity index (χ1) is 13.9.